The van der Waals surface area contributed by atoms with Crippen LogP contribution in [0.15, 0.2) is 40.9 Å². The Morgan fingerprint density at radius 3 is 2.71 bits per heavy atom. The van der Waals surface area contributed by atoms with Crippen LogP contribution in [0.3, 0.4) is 0 Å². The molecule has 1 N–H and O–H groups in total. The van der Waals surface area contributed by atoms with Crippen LogP contribution in [0.2, 0.25) is 5.02 Å². The van der Waals surface area contributed by atoms with E-state index in [1.807, 2.05) is 23.6 Å². The maximum atomic E-state index is 11.0. The molecule has 6 heteroatoms. The quantitative estimate of drug-likeness (QED) is 0.730. The van der Waals surface area contributed by atoms with E-state index in [-0.39, 0.29) is 5.56 Å². The number of imidazole rings is 1. The van der Waals surface area contributed by atoms with Crippen molar-refractivity contribution in [3.05, 3.63) is 57.3 Å². The largest absolute Gasteiger partial charge is 0.478 e. The number of carbonyl (C=O) groups is 1. The van der Waals surface area contributed by atoms with Gasteiger partial charge in [-0.15, -0.1) is 0 Å². The van der Waals surface area contributed by atoms with E-state index in [4.69, 9.17) is 16.7 Å². The second kappa shape index (κ2) is 5.16. The minimum Gasteiger partial charge on any atom is -0.478 e. The van der Waals surface area contributed by atoms with Gasteiger partial charge in [0.05, 0.1) is 21.6 Å². The molecule has 1 heterocycles. The Kier molecular flexibility index (Phi) is 3.47. The lowest BCUT2D eigenvalue weighted by molar-refractivity contribution is 0.0697. The van der Waals surface area contributed by atoms with Crippen molar-refractivity contribution in [2.24, 2.45) is 0 Å². The molecule has 0 amide bonds. The molecule has 0 aliphatic carbocycles. The summed E-state index contributed by atoms with van der Waals surface area (Å²) in [7, 11) is 0. The molecule has 2 aromatic carbocycles. The van der Waals surface area contributed by atoms with E-state index in [1.165, 1.54) is 0 Å². The van der Waals surface area contributed by atoms with Gasteiger partial charge in [-0.2, -0.15) is 0 Å². The third-order valence-electron chi connectivity index (χ3n) is 3.23. The van der Waals surface area contributed by atoms with E-state index in [1.54, 1.807) is 24.3 Å². The van der Waals surface area contributed by atoms with Gasteiger partial charge in [0.25, 0.3) is 0 Å². The zero-order valence-corrected chi connectivity index (χ0v) is 13.3. The van der Waals surface area contributed by atoms with Crippen LogP contribution in [0.5, 0.6) is 0 Å². The average Bonchev–Trinajstić information content (AvgIpc) is 2.76. The molecular weight excluding hydrogens is 356 g/mol. The molecule has 0 saturated heterocycles. The van der Waals surface area contributed by atoms with E-state index in [0.29, 0.717) is 10.5 Å². The number of halogens is 2. The van der Waals surface area contributed by atoms with E-state index in [0.717, 1.165) is 21.5 Å². The fourth-order valence-corrected chi connectivity index (χ4v) is 2.77. The Hall–Kier alpha value is -1.85. The van der Waals surface area contributed by atoms with Gasteiger partial charge in [-0.25, -0.2) is 9.78 Å². The Morgan fingerprint density at radius 2 is 2.05 bits per heavy atom. The summed E-state index contributed by atoms with van der Waals surface area (Å²) < 4.78 is 2.76. The normalized spacial score (nSPS) is 11.0. The fourth-order valence-electron chi connectivity index (χ4n) is 2.28. The van der Waals surface area contributed by atoms with Crippen LogP contribution in [-0.2, 0) is 0 Å². The Bertz CT molecular complexity index is 873. The molecule has 0 aliphatic rings. The molecule has 3 rings (SSSR count). The van der Waals surface area contributed by atoms with Crippen molar-refractivity contribution in [3.8, 4) is 5.69 Å². The summed E-state index contributed by atoms with van der Waals surface area (Å²) >= 11 is 9.43. The van der Waals surface area contributed by atoms with E-state index in [9.17, 15) is 4.79 Å². The summed E-state index contributed by atoms with van der Waals surface area (Å²) in [6, 6.07) is 10.5. The molecule has 0 fully saturated rings. The first-order valence-corrected chi connectivity index (χ1v) is 7.32. The second-order valence-corrected chi connectivity index (χ2v) is 5.86. The molecule has 4 nitrogen and oxygen atoms in total. The van der Waals surface area contributed by atoms with Gasteiger partial charge in [0.15, 0.2) is 0 Å². The number of aryl methyl sites for hydroxylation is 1. The predicted octanol–water partition coefficient (Wildman–Crippen LogP) is 4.45. The number of rotatable bonds is 2. The van der Waals surface area contributed by atoms with Gasteiger partial charge in [-0.1, -0.05) is 11.6 Å². The minimum absolute atomic E-state index is 0.226. The number of aromatic nitrogens is 2. The van der Waals surface area contributed by atoms with Crippen LogP contribution in [-0.4, -0.2) is 20.6 Å². The number of carboxylic acids is 1. The number of hydrogen-bond donors (Lipinski definition) is 1. The minimum atomic E-state index is -0.960. The van der Waals surface area contributed by atoms with E-state index in [2.05, 4.69) is 20.9 Å². The molecular formula is C15H10BrClN2O2. The van der Waals surface area contributed by atoms with Crippen LogP contribution >= 0.6 is 27.5 Å². The van der Waals surface area contributed by atoms with Gasteiger partial charge >= 0.3 is 5.97 Å². The highest BCUT2D eigenvalue weighted by atomic mass is 79.9. The topological polar surface area (TPSA) is 55.1 Å². The average molecular weight is 366 g/mol. The highest BCUT2D eigenvalue weighted by Crippen LogP contribution is 2.28. The summed E-state index contributed by atoms with van der Waals surface area (Å²) in [6.07, 6.45) is 0. The lowest BCUT2D eigenvalue weighted by Gasteiger charge is -2.08. The highest BCUT2D eigenvalue weighted by Gasteiger charge is 2.12. The molecule has 0 atom stereocenters. The number of nitrogens with zero attached hydrogens (tertiary/aromatic N) is 2. The lowest BCUT2D eigenvalue weighted by Crippen LogP contribution is -1.98. The van der Waals surface area contributed by atoms with E-state index >= 15 is 0 Å². The van der Waals surface area contributed by atoms with Crippen molar-refractivity contribution >= 4 is 44.5 Å². The smallest absolute Gasteiger partial charge is 0.335 e. The van der Waals surface area contributed by atoms with Gasteiger partial charge < -0.3 is 5.11 Å². The van der Waals surface area contributed by atoms with Gasteiger partial charge in [-0.05, 0) is 59.3 Å². The maximum Gasteiger partial charge on any atom is 0.335 e. The highest BCUT2D eigenvalue weighted by molar-refractivity contribution is 9.10. The zero-order valence-electron chi connectivity index (χ0n) is 11.0. The third kappa shape index (κ3) is 2.43. The molecule has 0 saturated carbocycles. The van der Waals surface area contributed by atoms with Crippen LogP contribution < -0.4 is 0 Å². The standard InChI is InChI=1S/C15H10BrClN2O2/c1-8-18-13-6-9(15(20)21)2-5-14(13)19(8)10-3-4-12(17)11(16)7-10/h2-7H,1H3,(H,20,21). The molecule has 0 unspecified atom stereocenters. The van der Waals surface area contributed by atoms with Crippen molar-refractivity contribution < 1.29 is 9.90 Å². The lowest BCUT2D eigenvalue weighted by atomic mass is 10.2. The first kappa shape index (κ1) is 14.1. The summed E-state index contributed by atoms with van der Waals surface area (Å²) in [4.78, 5) is 15.5. The zero-order chi connectivity index (χ0) is 15.1. The summed E-state index contributed by atoms with van der Waals surface area (Å²) in [5.41, 5.74) is 2.64. The van der Waals surface area contributed by atoms with Gasteiger partial charge in [0, 0.05) is 10.2 Å². The summed E-state index contributed by atoms with van der Waals surface area (Å²) in [5, 5.41) is 9.68. The first-order chi connectivity index (χ1) is 9.97. The monoisotopic (exact) mass is 364 g/mol. The number of aromatic carboxylic acids is 1. The Morgan fingerprint density at radius 1 is 1.29 bits per heavy atom. The second-order valence-electron chi connectivity index (χ2n) is 4.60. The molecule has 0 aliphatic heterocycles. The molecule has 106 valence electrons. The van der Waals surface area contributed by atoms with E-state index < -0.39 is 5.97 Å². The Balaban J connectivity index is 2.25. The van der Waals surface area contributed by atoms with Crippen molar-refractivity contribution in [3.63, 3.8) is 0 Å². The van der Waals surface area contributed by atoms with Gasteiger partial charge in [0.1, 0.15) is 5.82 Å². The van der Waals surface area contributed by atoms with Gasteiger partial charge in [-0.3, -0.25) is 4.57 Å². The third-order valence-corrected chi connectivity index (χ3v) is 4.44. The van der Waals surface area contributed by atoms with Crippen molar-refractivity contribution in [1.29, 1.82) is 0 Å². The molecule has 1 aromatic heterocycles. The SMILES string of the molecule is Cc1nc2cc(C(=O)O)ccc2n1-c1ccc(Cl)c(Br)c1. The molecule has 0 radical (unpaired) electrons. The number of benzene rings is 2. The number of carboxylic acid groups (broad SMARTS) is 1. The molecule has 0 bridgehead atoms. The molecule has 21 heavy (non-hydrogen) atoms. The van der Waals surface area contributed by atoms with Crippen molar-refractivity contribution in [2.45, 2.75) is 6.92 Å². The maximum absolute atomic E-state index is 11.0. The molecule has 3 aromatic rings. The Labute approximate surface area is 134 Å². The van der Waals surface area contributed by atoms with Crippen LogP contribution in [0.4, 0.5) is 0 Å². The summed E-state index contributed by atoms with van der Waals surface area (Å²) in [6.45, 7) is 1.88. The van der Waals surface area contributed by atoms with Crippen LogP contribution in [0.25, 0.3) is 16.7 Å². The summed E-state index contributed by atoms with van der Waals surface area (Å²) in [5.74, 6) is -0.180. The van der Waals surface area contributed by atoms with Crippen LogP contribution in [0, 0.1) is 6.92 Å². The fraction of sp³-hybridized carbons (Fsp3) is 0.0667. The van der Waals surface area contributed by atoms with Crippen molar-refractivity contribution in [2.75, 3.05) is 0 Å². The van der Waals surface area contributed by atoms with Crippen LogP contribution in [0.1, 0.15) is 16.2 Å². The molecule has 0 spiro atoms. The first-order valence-electron chi connectivity index (χ1n) is 6.15. The van der Waals surface area contributed by atoms with Crippen molar-refractivity contribution in [1.82, 2.24) is 9.55 Å². The number of fused-ring (bicyclic) bond motifs is 1. The number of hydrogen-bond acceptors (Lipinski definition) is 2. The van der Waals surface area contributed by atoms with Gasteiger partial charge in [0.2, 0.25) is 0 Å². The predicted molar refractivity (Wildman–Crippen MR) is 85.5 cm³/mol.